The second-order valence-corrected chi connectivity index (χ2v) is 8.67. The molecule has 1 aliphatic heterocycles. The van der Waals surface area contributed by atoms with E-state index in [0.717, 1.165) is 28.9 Å². The van der Waals surface area contributed by atoms with Crippen LogP contribution >= 0.6 is 0 Å². The number of rotatable bonds is 10. The zero-order valence-electron chi connectivity index (χ0n) is 20.9. The van der Waals surface area contributed by atoms with E-state index in [0.29, 0.717) is 34.8 Å². The first-order chi connectivity index (χ1) is 16.9. The second-order valence-electron chi connectivity index (χ2n) is 8.67. The van der Waals surface area contributed by atoms with Crippen molar-refractivity contribution in [1.29, 1.82) is 5.26 Å². The third-order valence-electron chi connectivity index (χ3n) is 6.04. The summed E-state index contributed by atoms with van der Waals surface area (Å²) in [5.74, 6) is 0.203. The molecule has 182 valence electrons. The van der Waals surface area contributed by atoms with Crippen LogP contribution in [-0.2, 0) is 16.1 Å². The van der Waals surface area contributed by atoms with Gasteiger partial charge in [0.25, 0.3) is 11.8 Å². The zero-order chi connectivity index (χ0) is 25.4. The molecule has 0 fully saturated rings. The quantitative estimate of drug-likeness (QED) is 0.250. The molecular weight excluding hydrogens is 440 g/mol. The minimum Gasteiger partial charge on any atom is -0.493 e. The topological polar surface area (TPSA) is 79.6 Å². The average molecular weight is 473 g/mol. The Hall–Kier alpha value is -3.85. The Bertz CT molecular complexity index is 1190. The van der Waals surface area contributed by atoms with Gasteiger partial charge in [0.1, 0.15) is 11.6 Å². The highest BCUT2D eigenvalue weighted by molar-refractivity contribution is 6.19. The molecule has 2 aromatic carbocycles. The van der Waals surface area contributed by atoms with E-state index in [-0.39, 0.29) is 12.1 Å². The molecular formula is C29H32N2O4. The van der Waals surface area contributed by atoms with E-state index in [2.05, 4.69) is 6.92 Å². The van der Waals surface area contributed by atoms with E-state index in [1.807, 2.05) is 49.4 Å². The molecule has 35 heavy (non-hydrogen) atoms. The van der Waals surface area contributed by atoms with Gasteiger partial charge in [-0.15, -0.1) is 0 Å². The number of nitriles is 1. The van der Waals surface area contributed by atoms with Gasteiger partial charge in [0.05, 0.1) is 20.3 Å². The summed E-state index contributed by atoms with van der Waals surface area (Å²) in [6, 6.07) is 15.0. The van der Waals surface area contributed by atoms with Crippen LogP contribution in [0.5, 0.6) is 11.5 Å². The minimum atomic E-state index is -0.572. The molecule has 0 saturated heterocycles. The van der Waals surface area contributed by atoms with Crippen LogP contribution in [-0.4, -0.2) is 30.4 Å². The number of imide groups is 1. The maximum absolute atomic E-state index is 13.4. The van der Waals surface area contributed by atoms with Crippen molar-refractivity contribution in [3.8, 4) is 17.6 Å². The molecule has 1 heterocycles. The lowest BCUT2D eigenvalue weighted by molar-refractivity contribution is -0.141. The van der Waals surface area contributed by atoms with E-state index in [9.17, 15) is 14.9 Å². The second kappa shape index (κ2) is 12.0. The van der Waals surface area contributed by atoms with E-state index < -0.39 is 11.8 Å². The summed E-state index contributed by atoms with van der Waals surface area (Å²) in [6.45, 7) is 6.48. The summed E-state index contributed by atoms with van der Waals surface area (Å²) in [5.41, 5.74) is 3.27. The molecule has 2 amide bonds. The number of carbonyl (C=O) groups is 2. The van der Waals surface area contributed by atoms with Crippen LogP contribution in [0, 0.1) is 18.3 Å². The largest absolute Gasteiger partial charge is 0.493 e. The fourth-order valence-electron chi connectivity index (χ4n) is 3.92. The van der Waals surface area contributed by atoms with E-state index in [1.165, 1.54) is 12.8 Å². The first-order valence-electron chi connectivity index (χ1n) is 11.9. The molecule has 0 atom stereocenters. The van der Waals surface area contributed by atoms with Crippen LogP contribution in [0.2, 0.25) is 0 Å². The lowest BCUT2D eigenvalue weighted by Gasteiger charge is -2.27. The van der Waals surface area contributed by atoms with Crippen LogP contribution in [0.25, 0.3) is 6.08 Å². The van der Waals surface area contributed by atoms with Crippen LogP contribution < -0.4 is 9.47 Å². The van der Waals surface area contributed by atoms with E-state index in [1.54, 1.807) is 26.2 Å². The van der Waals surface area contributed by atoms with Gasteiger partial charge in [-0.2, -0.15) is 5.26 Å². The Labute approximate surface area is 207 Å². The average Bonchev–Trinajstić information content (AvgIpc) is 2.86. The Morgan fingerprint density at radius 2 is 1.71 bits per heavy atom. The lowest BCUT2D eigenvalue weighted by atomic mass is 9.93. The Morgan fingerprint density at radius 3 is 2.37 bits per heavy atom. The summed E-state index contributed by atoms with van der Waals surface area (Å²) >= 11 is 0. The molecule has 0 aromatic heterocycles. The standard InChI is InChI=1S/C29H32N2O4/c1-5-6-7-8-15-35-26-14-13-23(17-27(26)34-4)16-24-21(3)25(18-30)29(33)31(28(24)32)19-22-11-9-20(2)10-12-22/h9-14,16-17H,5-8,15,19H2,1-4H3/b24-16+. The monoisotopic (exact) mass is 472 g/mol. The van der Waals surface area contributed by atoms with Gasteiger partial charge in [-0.1, -0.05) is 62.1 Å². The number of hydrogen-bond acceptors (Lipinski definition) is 5. The van der Waals surface area contributed by atoms with Crippen molar-refractivity contribution in [2.45, 2.75) is 53.0 Å². The summed E-state index contributed by atoms with van der Waals surface area (Å²) in [5, 5.41) is 9.65. The smallest absolute Gasteiger partial charge is 0.271 e. The van der Waals surface area contributed by atoms with Gasteiger partial charge in [-0.3, -0.25) is 14.5 Å². The van der Waals surface area contributed by atoms with Crippen LogP contribution in [0.3, 0.4) is 0 Å². The number of ether oxygens (including phenoxy) is 2. The summed E-state index contributed by atoms with van der Waals surface area (Å²) in [6.07, 6.45) is 6.14. The van der Waals surface area contributed by atoms with E-state index in [4.69, 9.17) is 9.47 Å². The van der Waals surface area contributed by atoms with Gasteiger partial charge in [-0.25, -0.2) is 0 Å². The molecule has 0 bridgehead atoms. The molecule has 0 unspecified atom stereocenters. The highest BCUT2D eigenvalue weighted by Gasteiger charge is 2.35. The number of amides is 2. The molecule has 0 spiro atoms. The number of hydrogen-bond donors (Lipinski definition) is 0. The molecule has 6 nitrogen and oxygen atoms in total. The molecule has 0 N–H and O–H groups in total. The minimum absolute atomic E-state index is 0.0260. The van der Waals surface area contributed by atoms with Crippen LogP contribution in [0.1, 0.15) is 56.2 Å². The highest BCUT2D eigenvalue weighted by Crippen LogP contribution is 2.32. The van der Waals surface area contributed by atoms with Gasteiger partial charge < -0.3 is 9.47 Å². The summed E-state index contributed by atoms with van der Waals surface area (Å²) < 4.78 is 11.4. The Kier molecular flexibility index (Phi) is 8.86. The first kappa shape index (κ1) is 25.8. The van der Waals surface area contributed by atoms with Crippen molar-refractivity contribution in [3.63, 3.8) is 0 Å². The van der Waals surface area contributed by atoms with Gasteiger partial charge >= 0.3 is 0 Å². The maximum Gasteiger partial charge on any atom is 0.271 e. The van der Waals surface area contributed by atoms with Crippen LogP contribution in [0.4, 0.5) is 0 Å². The Morgan fingerprint density at radius 1 is 0.971 bits per heavy atom. The van der Waals surface area contributed by atoms with Gasteiger partial charge in [0.15, 0.2) is 11.5 Å². The molecule has 0 saturated carbocycles. The fraction of sp³-hybridized carbons (Fsp3) is 0.345. The SMILES string of the molecule is CCCCCCOc1ccc(/C=C2/C(=O)N(Cc3ccc(C)cc3)C(=O)C(C#N)=C2C)cc1OC. The third kappa shape index (κ3) is 6.19. The van der Waals surface area contributed by atoms with Crippen LogP contribution in [0.15, 0.2) is 59.2 Å². The predicted molar refractivity (Wildman–Crippen MR) is 136 cm³/mol. The fourth-order valence-corrected chi connectivity index (χ4v) is 3.92. The van der Waals surface area contributed by atoms with Crippen molar-refractivity contribution in [2.24, 2.45) is 0 Å². The van der Waals surface area contributed by atoms with Gasteiger partial charge in [0, 0.05) is 5.57 Å². The van der Waals surface area contributed by atoms with Gasteiger partial charge in [-0.05, 0) is 55.2 Å². The van der Waals surface area contributed by atoms with Crippen molar-refractivity contribution < 1.29 is 19.1 Å². The lowest BCUT2D eigenvalue weighted by Crippen LogP contribution is -2.42. The predicted octanol–water partition coefficient (Wildman–Crippen LogP) is 5.76. The van der Waals surface area contributed by atoms with Gasteiger partial charge in [0.2, 0.25) is 0 Å². The van der Waals surface area contributed by atoms with E-state index >= 15 is 0 Å². The first-order valence-corrected chi connectivity index (χ1v) is 11.9. The zero-order valence-corrected chi connectivity index (χ0v) is 20.9. The molecule has 1 aliphatic rings. The number of nitrogens with zero attached hydrogens (tertiary/aromatic N) is 2. The Balaban J connectivity index is 1.89. The third-order valence-corrected chi connectivity index (χ3v) is 6.04. The number of methoxy groups -OCH3 is 1. The van der Waals surface area contributed by atoms with Crippen molar-refractivity contribution >= 4 is 17.9 Å². The number of unbranched alkanes of at least 4 members (excludes halogenated alkanes) is 3. The highest BCUT2D eigenvalue weighted by atomic mass is 16.5. The van der Waals surface area contributed by atoms with Crippen molar-refractivity contribution in [3.05, 3.63) is 75.9 Å². The van der Waals surface area contributed by atoms with Crippen molar-refractivity contribution in [1.82, 2.24) is 4.90 Å². The molecule has 6 heteroatoms. The molecule has 3 rings (SSSR count). The summed E-state index contributed by atoms with van der Waals surface area (Å²) in [7, 11) is 1.57. The summed E-state index contributed by atoms with van der Waals surface area (Å²) in [4.78, 5) is 27.4. The molecule has 0 aliphatic carbocycles. The normalized spacial score (nSPS) is 14.9. The van der Waals surface area contributed by atoms with Crippen molar-refractivity contribution in [2.75, 3.05) is 13.7 Å². The maximum atomic E-state index is 13.4. The number of aryl methyl sites for hydroxylation is 1. The number of carbonyl (C=O) groups excluding carboxylic acids is 2. The molecule has 0 radical (unpaired) electrons. The molecule has 2 aromatic rings. The number of benzene rings is 2.